The first kappa shape index (κ1) is 25.0. The SMILES string of the molecule is COP(=O)(c1cc(C#N)cc(C(C)C)c1)c1c(C(=O)NCc2cncnc2)[nH]c2ccc(I)cc12. The highest BCUT2D eigenvalue weighted by Crippen LogP contribution is 2.47. The topological polar surface area (TPSA) is 121 Å². The summed E-state index contributed by atoms with van der Waals surface area (Å²) in [6.45, 7) is 4.20. The molecule has 0 spiro atoms. The van der Waals surface area contributed by atoms with E-state index in [0.717, 1.165) is 14.7 Å². The fourth-order valence-corrected chi connectivity index (χ4v) is 6.57. The Morgan fingerprint density at radius 2 is 1.97 bits per heavy atom. The summed E-state index contributed by atoms with van der Waals surface area (Å²) >= 11 is 2.17. The van der Waals surface area contributed by atoms with Crippen LogP contribution >= 0.6 is 30.0 Å². The third-order valence-corrected chi connectivity index (χ3v) is 8.83. The largest absolute Gasteiger partial charge is 0.350 e. The number of halogens is 1. The van der Waals surface area contributed by atoms with Crippen LogP contribution in [0.2, 0.25) is 0 Å². The van der Waals surface area contributed by atoms with Gasteiger partial charge >= 0.3 is 0 Å². The van der Waals surface area contributed by atoms with E-state index in [1.165, 1.54) is 13.4 Å². The van der Waals surface area contributed by atoms with Gasteiger partial charge in [0.05, 0.1) is 16.9 Å². The zero-order chi connectivity index (χ0) is 25.2. The van der Waals surface area contributed by atoms with E-state index >= 15 is 0 Å². The van der Waals surface area contributed by atoms with Crippen LogP contribution in [0.4, 0.5) is 0 Å². The number of aromatic nitrogens is 3. The highest BCUT2D eigenvalue weighted by atomic mass is 127. The molecule has 10 heteroatoms. The van der Waals surface area contributed by atoms with Crippen LogP contribution in [-0.4, -0.2) is 28.0 Å². The summed E-state index contributed by atoms with van der Waals surface area (Å²) < 4.78 is 21.3. The van der Waals surface area contributed by atoms with E-state index in [-0.39, 0.29) is 23.5 Å². The molecule has 0 aliphatic heterocycles. The van der Waals surface area contributed by atoms with Gasteiger partial charge in [-0.1, -0.05) is 13.8 Å². The summed E-state index contributed by atoms with van der Waals surface area (Å²) in [5, 5.41) is 13.7. The molecular weight excluding hydrogens is 576 g/mol. The van der Waals surface area contributed by atoms with Gasteiger partial charge in [-0.25, -0.2) is 9.97 Å². The normalized spacial score (nSPS) is 12.9. The number of nitrogens with one attached hydrogen (secondary N) is 2. The molecule has 1 atom stereocenters. The fraction of sp³-hybridized carbons (Fsp3) is 0.200. The van der Waals surface area contributed by atoms with Crippen LogP contribution in [0.15, 0.2) is 55.1 Å². The Kier molecular flexibility index (Phi) is 7.36. The first-order valence-corrected chi connectivity index (χ1v) is 13.5. The summed E-state index contributed by atoms with van der Waals surface area (Å²) in [5.41, 5.74) is 2.78. The molecule has 178 valence electrons. The molecule has 1 amide bonds. The quantitative estimate of drug-likeness (QED) is 0.241. The predicted octanol–water partition coefficient (Wildman–Crippen LogP) is 4.36. The van der Waals surface area contributed by atoms with Crippen LogP contribution in [0.3, 0.4) is 0 Å². The van der Waals surface area contributed by atoms with E-state index in [1.807, 2.05) is 32.0 Å². The standard InChI is InChI=1S/C25H23IN5O3P/c1-15(2)18-6-16(10-27)7-20(8-18)35(33,34-3)24-21-9-19(26)4-5-22(21)31-23(24)25(32)30-13-17-11-28-14-29-12-17/h4-9,11-12,14-15,31H,13H2,1-3H3,(H,30,32). The summed E-state index contributed by atoms with van der Waals surface area (Å²) in [6, 6.07) is 12.9. The number of aromatic amines is 1. The number of H-pyrrole nitrogens is 1. The van der Waals surface area contributed by atoms with Crippen molar-refractivity contribution < 1.29 is 13.9 Å². The van der Waals surface area contributed by atoms with Gasteiger partial charge in [-0.2, -0.15) is 5.26 Å². The minimum absolute atomic E-state index is 0.104. The molecule has 2 aromatic heterocycles. The van der Waals surface area contributed by atoms with Crippen molar-refractivity contribution in [2.45, 2.75) is 26.3 Å². The van der Waals surface area contributed by atoms with Crippen molar-refractivity contribution in [2.24, 2.45) is 0 Å². The van der Waals surface area contributed by atoms with E-state index < -0.39 is 13.3 Å². The molecule has 0 saturated carbocycles. The van der Waals surface area contributed by atoms with E-state index in [9.17, 15) is 14.6 Å². The van der Waals surface area contributed by atoms with E-state index in [2.05, 4.69) is 48.9 Å². The zero-order valence-corrected chi connectivity index (χ0v) is 22.4. The molecule has 0 saturated heterocycles. The number of benzene rings is 2. The Balaban J connectivity index is 1.90. The molecular formula is C25H23IN5O3P. The number of amides is 1. The zero-order valence-electron chi connectivity index (χ0n) is 19.4. The van der Waals surface area contributed by atoms with E-state index in [1.54, 1.807) is 30.6 Å². The molecule has 8 nitrogen and oxygen atoms in total. The highest BCUT2D eigenvalue weighted by Gasteiger charge is 2.36. The molecule has 2 heterocycles. The first-order valence-electron chi connectivity index (χ1n) is 10.8. The lowest BCUT2D eigenvalue weighted by Gasteiger charge is -2.20. The molecule has 0 bridgehead atoms. The van der Waals surface area contributed by atoms with Gasteiger partial charge in [0.2, 0.25) is 0 Å². The maximum atomic E-state index is 14.7. The van der Waals surface area contributed by atoms with Crippen molar-refractivity contribution in [1.29, 1.82) is 5.26 Å². The smallest absolute Gasteiger partial charge is 0.268 e. The number of hydrogen-bond acceptors (Lipinski definition) is 6. The average molecular weight is 599 g/mol. The van der Waals surface area contributed by atoms with Crippen molar-refractivity contribution in [1.82, 2.24) is 20.3 Å². The van der Waals surface area contributed by atoms with Crippen LogP contribution < -0.4 is 15.9 Å². The van der Waals surface area contributed by atoms with Crippen LogP contribution in [-0.2, 0) is 15.6 Å². The number of carbonyl (C=O) groups is 1. The lowest BCUT2D eigenvalue weighted by atomic mass is 10.0. The number of hydrogen-bond donors (Lipinski definition) is 2. The third-order valence-electron chi connectivity index (χ3n) is 5.65. The van der Waals surface area contributed by atoms with Crippen LogP contribution in [0.5, 0.6) is 0 Å². The Labute approximate surface area is 216 Å². The van der Waals surface area contributed by atoms with Gasteiger partial charge in [0.15, 0.2) is 0 Å². The number of nitriles is 1. The van der Waals surface area contributed by atoms with Crippen molar-refractivity contribution >= 4 is 57.4 Å². The van der Waals surface area contributed by atoms with Gasteiger partial charge in [0.1, 0.15) is 12.0 Å². The average Bonchev–Trinajstić information content (AvgIpc) is 3.26. The number of rotatable bonds is 7. The van der Waals surface area contributed by atoms with E-state index in [0.29, 0.717) is 21.8 Å². The lowest BCUT2D eigenvalue weighted by molar-refractivity contribution is 0.0947. The summed E-state index contributed by atoms with van der Waals surface area (Å²) in [7, 11) is -2.42. The van der Waals surface area contributed by atoms with Crippen LogP contribution in [0, 0.1) is 14.9 Å². The van der Waals surface area contributed by atoms with Gasteiger partial charge < -0.3 is 14.8 Å². The van der Waals surface area contributed by atoms with Crippen LogP contribution in [0.25, 0.3) is 10.9 Å². The molecule has 1 unspecified atom stereocenters. The van der Waals surface area contributed by atoms with Crippen molar-refractivity contribution in [3.63, 3.8) is 0 Å². The van der Waals surface area contributed by atoms with Gasteiger partial charge in [-0.15, -0.1) is 0 Å². The van der Waals surface area contributed by atoms with Gasteiger partial charge in [-0.05, 0) is 70.5 Å². The van der Waals surface area contributed by atoms with Gasteiger partial charge in [-0.3, -0.25) is 9.36 Å². The maximum Gasteiger partial charge on any atom is 0.268 e. The molecule has 0 radical (unpaired) electrons. The minimum Gasteiger partial charge on any atom is -0.350 e. The third kappa shape index (κ3) is 5.01. The lowest BCUT2D eigenvalue weighted by Crippen LogP contribution is -2.30. The predicted molar refractivity (Wildman–Crippen MR) is 143 cm³/mol. The first-order chi connectivity index (χ1) is 16.8. The molecule has 4 rings (SSSR count). The fourth-order valence-electron chi connectivity index (χ4n) is 3.84. The molecule has 0 aliphatic rings. The molecule has 4 aromatic rings. The summed E-state index contributed by atoms with van der Waals surface area (Å²) in [5.74, 6) is -0.333. The van der Waals surface area contributed by atoms with E-state index in [4.69, 9.17) is 4.52 Å². The van der Waals surface area contributed by atoms with Gasteiger partial charge in [0.25, 0.3) is 13.3 Å². The maximum absolute atomic E-state index is 14.7. The molecule has 0 aliphatic carbocycles. The minimum atomic E-state index is -3.79. The second-order valence-corrected chi connectivity index (χ2v) is 12.0. The van der Waals surface area contributed by atoms with Crippen molar-refractivity contribution in [3.05, 3.63) is 81.1 Å². The second-order valence-electron chi connectivity index (χ2n) is 8.28. The summed E-state index contributed by atoms with van der Waals surface area (Å²) in [4.78, 5) is 24.4. The molecule has 0 fully saturated rings. The summed E-state index contributed by atoms with van der Waals surface area (Å²) in [6.07, 6.45) is 4.64. The van der Waals surface area contributed by atoms with Crippen LogP contribution in [0.1, 0.15) is 46.9 Å². The number of carbonyl (C=O) groups excluding carboxylic acids is 1. The molecule has 2 aromatic carbocycles. The molecule has 2 N–H and O–H groups in total. The Hall–Kier alpha value is -3.06. The Morgan fingerprint density at radius 3 is 2.63 bits per heavy atom. The molecule has 35 heavy (non-hydrogen) atoms. The van der Waals surface area contributed by atoms with Gasteiger partial charge in [0, 0.05) is 51.4 Å². The highest BCUT2D eigenvalue weighted by molar-refractivity contribution is 14.1. The van der Waals surface area contributed by atoms with Crippen molar-refractivity contribution in [2.75, 3.05) is 7.11 Å². The Bertz CT molecular complexity index is 1490. The Morgan fingerprint density at radius 1 is 1.23 bits per heavy atom. The van der Waals surface area contributed by atoms with Crippen molar-refractivity contribution in [3.8, 4) is 6.07 Å². The second kappa shape index (κ2) is 10.3. The number of nitrogens with zero attached hydrogens (tertiary/aromatic N) is 3. The monoisotopic (exact) mass is 599 g/mol. The number of fused-ring (bicyclic) bond motifs is 1.